The maximum atomic E-state index is 11.2. The van der Waals surface area contributed by atoms with E-state index in [-0.39, 0.29) is 6.04 Å². The molecular weight excluding hydrogens is 218 g/mol. The van der Waals surface area contributed by atoms with Crippen LogP contribution in [0.25, 0.3) is 10.8 Å². The van der Waals surface area contributed by atoms with E-state index >= 15 is 0 Å². The van der Waals surface area contributed by atoms with Gasteiger partial charge in [0.2, 0.25) is 0 Å². The van der Waals surface area contributed by atoms with E-state index in [1.165, 1.54) is 5.39 Å². The lowest BCUT2D eigenvalue weighted by molar-refractivity contribution is 0.679. The molecule has 0 aliphatic heterocycles. The van der Waals surface area contributed by atoms with Gasteiger partial charge in [-0.05, 0) is 16.3 Å². The van der Waals surface area contributed by atoms with Crippen LogP contribution in [0.3, 0.4) is 0 Å². The minimum Gasteiger partial charge on any atom is -0.323 e. The second kappa shape index (κ2) is 4.76. The topological polar surface area (TPSA) is 43.1 Å². The van der Waals surface area contributed by atoms with E-state index in [9.17, 15) is 4.21 Å². The number of hydrogen-bond donors (Lipinski definition) is 1. The molecule has 2 unspecified atom stereocenters. The van der Waals surface area contributed by atoms with Crippen molar-refractivity contribution in [2.45, 2.75) is 6.04 Å². The van der Waals surface area contributed by atoms with Crippen LogP contribution in [0.4, 0.5) is 0 Å². The van der Waals surface area contributed by atoms with Crippen molar-refractivity contribution in [1.82, 2.24) is 0 Å². The van der Waals surface area contributed by atoms with Gasteiger partial charge in [0.05, 0.1) is 0 Å². The Kier molecular flexibility index (Phi) is 3.36. The van der Waals surface area contributed by atoms with Crippen molar-refractivity contribution in [3.05, 3.63) is 48.0 Å². The number of rotatable bonds is 3. The van der Waals surface area contributed by atoms with E-state index in [0.717, 1.165) is 10.9 Å². The van der Waals surface area contributed by atoms with E-state index in [1.54, 1.807) is 6.26 Å². The molecule has 0 saturated heterocycles. The van der Waals surface area contributed by atoms with Crippen LogP contribution in [-0.2, 0) is 10.8 Å². The van der Waals surface area contributed by atoms with Gasteiger partial charge in [-0.25, -0.2) is 0 Å². The third-order valence-electron chi connectivity index (χ3n) is 2.64. The van der Waals surface area contributed by atoms with E-state index in [4.69, 9.17) is 5.73 Å². The molecule has 2 aromatic rings. The molecule has 2 nitrogen and oxygen atoms in total. The summed E-state index contributed by atoms with van der Waals surface area (Å²) >= 11 is 0. The molecule has 0 spiro atoms. The van der Waals surface area contributed by atoms with Gasteiger partial charge in [-0.15, -0.1) is 0 Å². The molecule has 0 aliphatic rings. The summed E-state index contributed by atoms with van der Waals surface area (Å²) in [6.45, 7) is 0. The summed E-state index contributed by atoms with van der Waals surface area (Å²) < 4.78 is 11.2. The lowest BCUT2D eigenvalue weighted by Gasteiger charge is -2.13. The van der Waals surface area contributed by atoms with Crippen molar-refractivity contribution in [3.8, 4) is 0 Å². The average molecular weight is 233 g/mol. The fourth-order valence-electron chi connectivity index (χ4n) is 1.92. The minimum absolute atomic E-state index is 0.156. The molecule has 0 bridgehead atoms. The highest BCUT2D eigenvalue weighted by molar-refractivity contribution is 7.84. The number of benzene rings is 2. The first-order valence-corrected chi connectivity index (χ1v) is 6.94. The molecule has 2 aromatic carbocycles. The molecule has 84 valence electrons. The first-order valence-electron chi connectivity index (χ1n) is 5.22. The number of fused-ring (bicyclic) bond motifs is 1. The van der Waals surface area contributed by atoms with Crippen LogP contribution in [0.1, 0.15) is 11.6 Å². The number of nitrogens with two attached hydrogens (primary N) is 1. The van der Waals surface area contributed by atoms with Crippen molar-refractivity contribution >= 4 is 21.6 Å². The summed E-state index contributed by atoms with van der Waals surface area (Å²) in [5, 5.41) is 2.33. The summed E-state index contributed by atoms with van der Waals surface area (Å²) in [4.78, 5) is 0. The lowest BCUT2D eigenvalue weighted by atomic mass is 10.0. The van der Waals surface area contributed by atoms with Gasteiger partial charge in [-0.3, -0.25) is 4.21 Å². The van der Waals surface area contributed by atoms with Crippen molar-refractivity contribution in [2.24, 2.45) is 5.73 Å². The van der Waals surface area contributed by atoms with E-state index in [2.05, 4.69) is 18.2 Å². The van der Waals surface area contributed by atoms with Gasteiger partial charge in [0, 0.05) is 28.9 Å². The zero-order chi connectivity index (χ0) is 11.5. The SMILES string of the molecule is CS(=O)CC(N)c1cccc2ccccc12. The summed E-state index contributed by atoms with van der Waals surface area (Å²) in [6, 6.07) is 14.1. The van der Waals surface area contributed by atoms with E-state index in [0.29, 0.717) is 5.75 Å². The first-order chi connectivity index (χ1) is 7.68. The van der Waals surface area contributed by atoms with Crippen LogP contribution in [-0.4, -0.2) is 16.2 Å². The van der Waals surface area contributed by atoms with Crippen LogP contribution in [0, 0.1) is 0 Å². The molecule has 2 N–H and O–H groups in total. The molecule has 0 aromatic heterocycles. The van der Waals surface area contributed by atoms with Gasteiger partial charge in [0.15, 0.2) is 0 Å². The molecule has 0 aliphatic carbocycles. The van der Waals surface area contributed by atoms with Crippen LogP contribution in [0.15, 0.2) is 42.5 Å². The summed E-state index contributed by atoms with van der Waals surface area (Å²) in [5.41, 5.74) is 7.15. The fraction of sp³-hybridized carbons (Fsp3) is 0.231. The highest BCUT2D eigenvalue weighted by atomic mass is 32.2. The van der Waals surface area contributed by atoms with Crippen LogP contribution in [0.5, 0.6) is 0 Å². The quantitative estimate of drug-likeness (QED) is 0.883. The lowest BCUT2D eigenvalue weighted by Crippen LogP contribution is -2.17. The minimum atomic E-state index is -0.864. The molecule has 0 amide bonds. The molecule has 3 heteroatoms. The van der Waals surface area contributed by atoms with Crippen LogP contribution < -0.4 is 5.73 Å². The smallest absolute Gasteiger partial charge is 0.0425 e. The molecule has 0 fully saturated rings. The zero-order valence-corrected chi connectivity index (χ0v) is 10.0. The normalized spacial score (nSPS) is 14.9. The highest BCUT2D eigenvalue weighted by Gasteiger charge is 2.10. The Labute approximate surface area is 97.9 Å². The molecule has 16 heavy (non-hydrogen) atoms. The second-order valence-electron chi connectivity index (χ2n) is 3.91. The standard InChI is InChI=1S/C13H15NOS/c1-16(15)9-13(14)12-8-4-6-10-5-2-3-7-11(10)12/h2-8,13H,9,14H2,1H3. The van der Waals surface area contributed by atoms with Crippen molar-refractivity contribution in [2.75, 3.05) is 12.0 Å². The maximum absolute atomic E-state index is 11.2. The van der Waals surface area contributed by atoms with Crippen molar-refractivity contribution < 1.29 is 4.21 Å². The predicted octanol–water partition coefficient (Wildman–Crippen LogP) is 2.22. The van der Waals surface area contributed by atoms with Crippen molar-refractivity contribution in [1.29, 1.82) is 0 Å². The molecule has 2 atom stereocenters. The Balaban J connectivity index is 2.47. The van der Waals surface area contributed by atoms with Gasteiger partial charge in [0.25, 0.3) is 0 Å². The zero-order valence-electron chi connectivity index (χ0n) is 9.22. The predicted molar refractivity (Wildman–Crippen MR) is 69.8 cm³/mol. The molecule has 2 rings (SSSR count). The van der Waals surface area contributed by atoms with Gasteiger partial charge >= 0.3 is 0 Å². The third-order valence-corrected chi connectivity index (χ3v) is 3.47. The Morgan fingerprint density at radius 3 is 2.62 bits per heavy atom. The molecular formula is C13H15NOS. The second-order valence-corrected chi connectivity index (χ2v) is 5.39. The molecule has 0 saturated carbocycles. The van der Waals surface area contributed by atoms with Gasteiger partial charge in [-0.2, -0.15) is 0 Å². The average Bonchev–Trinajstić information content (AvgIpc) is 2.27. The summed E-state index contributed by atoms with van der Waals surface area (Å²) in [6.07, 6.45) is 1.69. The Morgan fingerprint density at radius 1 is 1.19 bits per heavy atom. The van der Waals surface area contributed by atoms with Crippen molar-refractivity contribution in [3.63, 3.8) is 0 Å². The van der Waals surface area contributed by atoms with E-state index in [1.807, 2.05) is 24.3 Å². The maximum Gasteiger partial charge on any atom is 0.0425 e. The Hall–Kier alpha value is -1.19. The van der Waals surface area contributed by atoms with Gasteiger partial charge in [0.1, 0.15) is 0 Å². The monoisotopic (exact) mass is 233 g/mol. The van der Waals surface area contributed by atoms with Crippen LogP contribution >= 0.6 is 0 Å². The molecule has 0 heterocycles. The third kappa shape index (κ3) is 2.31. The Morgan fingerprint density at radius 2 is 1.88 bits per heavy atom. The largest absolute Gasteiger partial charge is 0.323 e. The Bertz CT molecular complexity index is 519. The number of hydrogen-bond acceptors (Lipinski definition) is 2. The van der Waals surface area contributed by atoms with Crippen LogP contribution in [0.2, 0.25) is 0 Å². The van der Waals surface area contributed by atoms with E-state index < -0.39 is 10.8 Å². The molecule has 0 radical (unpaired) electrons. The first kappa shape index (κ1) is 11.3. The highest BCUT2D eigenvalue weighted by Crippen LogP contribution is 2.23. The van der Waals surface area contributed by atoms with Gasteiger partial charge in [-0.1, -0.05) is 42.5 Å². The summed E-state index contributed by atoms with van der Waals surface area (Å²) in [7, 11) is -0.864. The van der Waals surface area contributed by atoms with Gasteiger partial charge < -0.3 is 5.73 Å². The fourth-order valence-corrected chi connectivity index (χ4v) is 2.60. The summed E-state index contributed by atoms with van der Waals surface area (Å²) in [5.74, 6) is 0.508.